The van der Waals surface area contributed by atoms with E-state index in [1.54, 1.807) is 0 Å². The molecule has 1 N–H and O–H groups in total. The van der Waals surface area contributed by atoms with E-state index in [4.69, 9.17) is 0 Å². The van der Waals surface area contributed by atoms with Gasteiger partial charge in [-0.3, -0.25) is 9.59 Å². The Morgan fingerprint density at radius 3 is 2.24 bits per heavy atom. The van der Waals surface area contributed by atoms with Gasteiger partial charge in [-0.25, -0.2) is 0 Å². The molecule has 0 aromatic carbocycles. The molecule has 17 heavy (non-hydrogen) atoms. The molecule has 0 aromatic rings. The van der Waals surface area contributed by atoms with Crippen LogP contribution in [0.3, 0.4) is 0 Å². The molecule has 0 saturated heterocycles. The molecule has 1 saturated carbocycles. The van der Waals surface area contributed by atoms with Crippen molar-refractivity contribution in [3.8, 4) is 0 Å². The molecule has 4 unspecified atom stereocenters. The minimum absolute atomic E-state index is 0.126. The molecular weight excluding hydrogens is 220 g/mol. The van der Waals surface area contributed by atoms with Gasteiger partial charge in [0, 0.05) is 0 Å². The molecular formula is C13H22O4. The highest BCUT2D eigenvalue weighted by atomic mass is 16.5. The summed E-state index contributed by atoms with van der Waals surface area (Å²) in [5.41, 5.74) is -1.40. The number of hydrogen-bond acceptors (Lipinski definition) is 3. The van der Waals surface area contributed by atoms with Crippen LogP contribution in [0.4, 0.5) is 0 Å². The highest BCUT2D eigenvalue weighted by Crippen LogP contribution is 2.43. The molecule has 0 aromatic heterocycles. The second-order valence-electron chi connectivity index (χ2n) is 5.46. The van der Waals surface area contributed by atoms with Gasteiger partial charge in [0.25, 0.3) is 0 Å². The Balaban J connectivity index is 2.93. The quantitative estimate of drug-likeness (QED) is 0.609. The summed E-state index contributed by atoms with van der Waals surface area (Å²) in [6.45, 7) is 5.79. The van der Waals surface area contributed by atoms with Crippen LogP contribution in [-0.4, -0.2) is 24.2 Å². The highest BCUT2D eigenvalue weighted by molar-refractivity contribution is 5.99. The molecule has 4 atom stereocenters. The van der Waals surface area contributed by atoms with Crippen molar-refractivity contribution in [2.45, 2.75) is 40.0 Å². The normalized spacial score (nSPS) is 32.6. The second kappa shape index (κ2) is 5.07. The van der Waals surface area contributed by atoms with Crippen LogP contribution < -0.4 is 0 Å². The third-order valence-corrected chi connectivity index (χ3v) is 4.47. The van der Waals surface area contributed by atoms with E-state index in [-0.39, 0.29) is 5.92 Å². The number of carbonyl (C=O) groups excluding carboxylic acids is 1. The number of rotatable bonds is 3. The van der Waals surface area contributed by atoms with E-state index in [0.717, 1.165) is 19.3 Å². The number of carboxylic acid groups (broad SMARTS) is 1. The molecule has 1 rings (SSSR count). The van der Waals surface area contributed by atoms with Gasteiger partial charge in [-0.1, -0.05) is 20.3 Å². The summed E-state index contributed by atoms with van der Waals surface area (Å²) < 4.78 is 4.67. The summed E-state index contributed by atoms with van der Waals surface area (Å²) in [4.78, 5) is 23.2. The molecule has 0 aliphatic heterocycles. The summed E-state index contributed by atoms with van der Waals surface area (Å²) in [5, 5.41) is 9.34. The first-order valence-corrected chi connectivity index (χ1v) is 6.15. The zero-order chi connectivity index (χ0) is 13.2. The Bertz CT molecular complexity index is 313. The van der Waals surface area contributed by atoms with Gasteiger partial charge >= 0.3 is 11.9 Å². The lowest BCUT2D eigenvalue weighted by Gasteiger charge is -2.39. The van der Waals surface area contributed by atoms with Gasteiger partial charge in [0.05, 0.1) is 7.11 Å². The molecule has 0 heterocycles. The number of hydrogen-bond donors (Lipinski definition) is 1. The number of methoxy groups -OCH3 is 1. The third-order valence-electron chi connectivity index (χ3n) is 4.47. The fraction of sp³-hybridized carbons (Fsp3) is 0.846. The number of ether oxygens (including phenoxy) is 1. The topological polar surface area (TPSA) is 63.6 Å². The van der Waals surface area contributed by atoms with E-state index in [9.17, 15) is 14.7 Å². The summed E-state index contributed by atoms with van der Waals surface area (Å²) >= 11 is 0. The highest BCUT2D eigenvalue weighted by Gasteiger charge is 2.50. The minimum Gasteiger partial charge on any atom is -0.480 e. The predicted molar refractivity (Wildman–Crippen MR) is 63.4 cm³/mol. The van der Waals surface area contributed by atoms with E-state index in [2.05, 4.69) is 18.6 Å². The zero-order valence-corrected chi connectivity index (χ0v) is 11.0. The smallest absolute Gasteiger partial charge is 0.323 e. The van der Waals surface area contributed by atoms with Gasteiger partial charge in [-0.15, -0.1) is 0 Å². The average molecular weight is 242 g/mol. The fourth-order valence-electron chi connectivity index (χ4n) is 2.71. The number of esters is 1. The minimum atomic E-state index is -1.40. The Morgan fingerprint density at radius 2 is 1.82 bits per heavy atom. The van der Waals surface area contributed by atoms with Crippen LogP contribution in [0.25, 0.3) is 0 Å². The average Bonchev–Trinajstić information content (AvgIpc) is 2.30. The van der Waals surface area contributed by atoms with Crippen molar-refractivity contribution in [1.82, 2.24) is 0 Å². The van der Waals surface area contributed by atoms with E-state index in [1.165, 1.54) is 14.0 Å². The van der Waals surface area contributed by atoms with Crippen molar-refractivity contribution in [2.75, 3.05) is 7.11 Å². The number of aliphatic carboxylic acids is 1. The summed E-state index contributed by atoms with van der Waals surface area (Å²) in [7, 11) is 1.25. The lowest BCUT2D eigenvalue weighted by atomic mass is 9.65. The Hall–Kier alpha value is -1.06. The van der Waals surface area contributed by atoms with Gasteiger partial charge in [0.1, 0.15) is 0 Å². The van der Waals surface area contributed by atoms with E-state index < -0.39 is 17.4 Å². The molecule has 1 fully saturated rings. The molecule has 4 nitrogen and oxygen atoms in total. The molecule has 1 aliphatic rings. The van der Waals surface area contributed by atoms with E-state index >= 15 is 0 Å². The van der Waals surface area contributed by atoms with Crippen LogP contribution in [0.2, 0.25) is 0 Å². The van der Waals surface area contributed by atoms with E-state index in [1.807, 2.05) is 0 Å². The van der Waals surface area contributed by atoms with Crippen LogP contribution in [0.1, 0.15) is 40.0 Å². The Labute approximate surface area is 102 Å². The molecule has 0 spiro atoms. The first-order valence-electron chi connectivity index (χ1n) is 6.15. The summed E-state index contributed by atoms with van der Waals surface area (Å²) in [6.07, 6.45) is 2.54. The maximum atomic E-state index is 11.8. The maximum absolute atomic E-state index is 11.8. The van der Waals surface area contributed by atoms with Gasteiger partial charge < -0.3 is 9.84 Å². The molecule has 1 aliphatic carbocycles. The summed E-state index contributed by atoms with van der Waals surface area (Å²) in [6, 6.07) is 0. The first-order chi connectivity index (χ1) is 7.83. The number of carboxylic acids is 1. The van der Waals surface area contributed by atoms with Crippen LogP contribution in [-0.2, 0) is 14.3 Å². The van der Waals surface area contributed by atoms with Gasteiger partial charge in [-0.05, 0) is 37.5 Å². The number of carbonyl (C=O) groups is 2. The van der Waals surface area contributed by atoms with Crippen molar-refractivity contribution in [2.24, 2.45) is 23.2 Å². The Morgan fingerprint density at radius 1 is 1.24 bits per heavy atom. The molecule has 4 heteroatoms. The van der Waals surface area contributed by atoms with Crippen molar-refractivity contribution < 1.29 is 19.4 Å². The lowest BCUT2D eigenvalue weighted by Crippen LogP contribution is -2.46. The maximum Gasteiger partial charge on any atom is 0.323 e. The zero-order valence-electron chi connectivity index (χ0n) is 11.0. The van der Waals surface area contributed by atoms with Gasteiger partial charge in [0.15, 0.2) is 5.41 Å². The Kier molecular flexibility index (Phi) is 4.17. The van der Waals surface area contributed by atoms with Gasteiger partial charge in [-0.2, -0.15) is 0 Å². The first kappa shape index (κ1) is 14.0. The molecule has 0 bridgehead atoms. The van der Waals surface area contributed by atoms with Crippen LogP contribution >= 0.6 is 0 Å². The van der Waals surface area contributed by atoms with Crippen LogP contribution in [0.5, 0.6) is 0 Å². The fourth-order valence-corrected chi connectivity index (χ4v) is 2.71. The summed E-state index contributed by atoms with van der Waals surface area (Å²) in [5.74, 6) is -0.773. The third kappa shape index (κ3) is 2.45. The SMILES string of the molecule is COC(=O)C(C)(C(=O)O)C1CCC(C)C(C)C1. The van der Waals surface area contributed by atoms with Crippen molar-refractivity contribution in [3.05, 3.63) is 0 Å². The van der Waals surface area contributed by atoms with Crippen molar-refractivity contribution in [1.29, 1.82) is 0 Å². The largest absolute Gasteiger partial charge is 0.480 e. The monoisotopic (exact) mass is 242 g/mol. The van der Waals surface area contributed by atoms with Gasteiger partial charge in [0.2, 0.25) is 0 Å². The van der Waals surface area contributed by atoms with Crippen LogP contribution in [0.15, 0.2) is 0 Å². The van der Waals surface area contributed by atoms with Crippen LogP contribution in [0, 0.1) is 23.2 Å². The molecule has 0 amide bonds. The van der Waals surface area contributed by atoms with Crippen molar-refractivity contribution >= 4 is 11.9 Å². The van der Waals surface area contributed by atoms with Crippen molar-refractivity contribution in [3.63, 3.8) is 0 Å². The van der Waals surface area contributed by atoms with E-state index in [0.29, 0.717) is 11.8 Å². The predicted octanol–water partition coefficient (Wildman–Crippen LogP) is 2.32. The standard InChI is InChI=1S/C13H22O4/c1-8-5-6-10(7-9(8)2)13(3,11(14)15)12(16)17-4/h8-10H,5-7H2,1-4H3,(H,14,15). The lowest BCUT2D eigenvalue weighted by molar-refractivity contribution is -0.171. The molecule has 0 radical (unpaired) electrons. The second-order valence-corrected chi connectivity index (χ2v) is 5.46. The molecule has 98 valence electrons.